The van der Waals surface area contributed by atoms with E-state index in [1.54, 1.807) is 0 Å². The molecule has 1 aromatic heterocycles. The van der Waals surface area contributed by atoms with Crippen molar-refractivity contribution in [2.45, 2.75) is 44.6 Å². The van der Waals surface area contributed by atoms with E-state index in [-0.39, 0.29) is 30.0 Å². The molecular weight excluding hydrogens is 482 g/mol. The number of Topliss-reactive ketones (excluding diaryl/α,β-unsaturated/α-hetero) is 1. The summed E-state index contributed by atoms with van der Waals surface area (Å²) in [5.74, 6) is -0.275. The number of rotatable bonds is 10. The van der Waals surface area contributed by atoms with Crippen molar-refractivity contribution in [3.63, 3.8) is 0 Å². The van der Waals surface area contributed by atoms with Crippen LogP contribution < -0.4 is 10.1 Å². The van der Waals surface area contributed by atoms with Gasteiger partial charge in [-0.1, -0.05) is 71.8 Å². The molecule has 1 fully saturated rings. The van der Waals surface area contributed by atoms with Gasteiger partial charge in [0.25, 0.3) is 5.89 Å². The molecule has 0 aliphatic heterocycles. The largest absolute Gasteiger partial charge is 0.487 e. The van der Waals surface area contributed by atoms with Crippen molar-refractivity contribution < 1.29 is 23.8 Å². The SMILES string of the molecule is O=C(Cc1ccc(C2CCC(C(=O)O)CC2)cc1)c1nnc(Nc2ccccc2OCc2ccccc2)o1. The maximum atomic E-state index is 12.8. The van der Waals surface area contributed by atoms with Crippen molar-refractivity contribution in [3.8, 4) is 5.75 Å². The van der Waals surface area contributed by atoms with Crippen LogP contribution in [0.5, 0.6) is 5.75 Å². The number of aliphatic carboxylic acids is 1. The van der Waals surface area contributed by atoms with Gasteiger partial charge in [0.15, 0.2) is 0 Å². The summed E-state index contributed by atoms with van der Waals surface area (Å²) in [6.07, 6.45) is 3.29. The standard InChI is InChI=1S/C30H29N3O5/c34-26(18-20-10-12-22(13-11-20)23-14-16-24(17-15-23)29(35)36)28-32-33-30(38-28)31-25-8-4-5-9-27(25)37-19-21-6-2-1-3-7-21/h1-13,23-24H,14-19H2,(H,31,33)(H,35,36). The second kappa shape index (κ2) is 11.7. The molecule has 3 aromatic carbocycles. The molecule has 4 aromatic rings. The predicted molar refractivity (Wildman–Crippen MR) is 142 cm³/mol. The van der Waals surface area contributed by atoms with Gasteiger partial charge in [-0.2, -0.15) is 0 Å². The molecule has 1 aliphatic rings. The number of para-hydroxylation sites is 2. The van der Waals surface area contributed by atoms with E-state index in [9.17, 15) is 14.7 Å². The fourth-order valence-electron chi connectivity index (χ4n) is 4.78. The monoisotopic (exact) mass is 511 g/mol. The van der Waals surface area contributed by atoms with E-state index in [4.69, 9.17) is 9.15 Å². The van der Waals surface area contributed by atoms with Crippen molar-refractivity contribution in [1.82, 2.24) is 10.2 Å². The zero-order valence-corrected chi connectivity index (χ0v) is 20.9. The molecule has 8 heteroatoms. The summed E-state index contributed by atoms with van der Waals surface area (Å²) in [5.41, 5.74) is 3.73. The quantitative estimate of drug-likeness (QED) is 0.243. The van der Waals surface area contributed by atoms with Crippen LogP contribution in [0.1, 0.15) is 59.0 Å². The van der Waals surface area contributed by atoms with E-state index >= 15 is 0 Å². The molecule has 1 aliphatic carbocycles. The highest BCUT2D eigenvalue weighted by molar-refractivity contribution is 5.93. The molecule has 0 unspecified atom stereocenters. The zero-order chi connectivity index (χ0) is 26.3. The lowest BCUT2D eigenvalue weighted by molar-refractivity contribution is -0.142. The van der Waals surface area contributed by atoms with Crippen LogP contribution in [0, 0.1) is 5.92 Å². The Bertz CT molecular complexity index is 1380. The number of aromatic nitrogens is 2. The average molecular weight is 512 g/mol. The summed E-state index contributed by atoms with van der Waals surface area (Å²) in [5, 5.41) is 20.2. The molecular formula is C30H29N3O5. The minimum Gasteiger partial charge on any atom is -0.487 e. The van der Waals surface area contributed by atoms with Crippen molar-refractivity contribution in [2.75, 3.05) is 5.32 Å². The average Bonchev–Trinajstić information content (AvgIpc) is 3.42. The van der Waals surface area contributed by atoms with Crippen LogP contribution in [-0.4, -0.2) is 27.1 Å². The number of carboxylic acid groups (broad SMARTS) is 1. The molecule has 0 atom stereocenters. The third kappa shape index (κ3) is 6.26. The van der Waals surface area contributed by atoms with Crippen LogP contribution in [0.25, 0.3) is 0 Å². The first-order valence-electron chi connectivity index (χ1n) is 12.8. The minimum atomic E-state index is -0.697. The number of anilines is 2. The van der Waals surface area contributed by atoms with Gasteiger partial charge >= 0.3 is 12.0 Å². The summed E-state index contributed by atoms with van der Waals surface area (Å²) in [4.78, 5) is 24.0. The molecule has 0 amide bonds. The van der Waals surface area contributed by atoms with Crippen LogP contribution >= 0.6 is 0 Å². The van der Waals surface area contributed by atoms with Crippen LogP contribution in [0.2, 0.25) is 0 Å². The summed E-state index contributed by atoms with van der Waals surface area (Å²) in [6.45, 7) is 0.412. The number of hydrogen-bond acceptors (Lipinski definition) is 7. The maximum absolute atomic E-state index is 12.8. The van der Waals surface area contributed by atoms with E-state index < -0.39 is 5.97 Å². The Morgan fingerprint density at radius 1 is 0.868 bits per heavy atom. The number of nitrogens with one attached hydrogen (secondary N) is 1. The summed E-state index contributed by atoms with van der Waals surface area (Å²) in [7, 11) is 0. The van der Waals surface area contributed by atoms with E-state index in [1.807, 2.05) is 78.9 Å². The van der Waals surface area contributed by atoms with Gasteiger partial charge < -0.3 is 19.6 Å². The molecule has 194 valence electrons. The predicted octanol–water partition coefficient (Wildman–Crippen LogP) is 6.18. The van der Waals surface area contributed by atoms with Gasteiger partial charge in [-0.15, -0.1) is 5.10 Å². The highest BCUT2D eigenvalue weighted by Gasteiger charge is 2.26. The number of carboxylic acids is 1. The van der Waals surface area contributed by atoms with E-state index in [0.29, 0.717) is 36.8 Å². The highest BCUT2D eigenvalue weighted by atomic mass is 16.5. The highest BCUT2D eigenvalue weighted by Crippen LogP contribution is 2.36. The van der Waals surface area contributed by atoms with Crippen LogP contribution in [0.15, 0.2) is 83.3 Å². The smallest absolute Gasteiger partial charge is 0.320 e. The van der Waals surface area contributed by atoms with Gasteiger partial charge in [0, 0.05) is 6.42 Å². The van der Waals surface area contributed by atoms with Crippen molar-refractivity contribution in [3.05, 3.63) is 101 Å². The molecule has 0 saturated heterocycles. The number of ketones is 1. The van der Waals surface area contributed by atoms with Crippen molar-refractivity contribution in [2.24, 2.45) is 5.92 Å². The molecule has 5 rings (SSSR count). The molecule has 38 heavy (non-hydrogen) atoms. The first-order chi connectivity index (χ1) is 18.5. The van der Waals surface area contributed by atoms with Gasteiger partial charge in [0.2, 0.25) is 5.78 Å². The van der Waals surface area contributed by atoms with E-state index in [1.165, 1.54) is 5.56 Å². The Labute approximate surface area is 220 Å². The van der Waals surface area contributed by atoms with Crippen molar-refractivity contribution in [1.29, 1.82) is 0 Å². The minimum absolute atomic E-state index is 0.0637. The summed E-state index contributed by atoms with van der Waals surface area (Å²) >= 11 is 0. The van der Waals surface area contributed by atoms with Crippen molar-refractivity contribution >= 4 is 23.5 Å². The first kappa shape index (κ1) is 25.2. The number of hydrogen-bond donors (Lipinski definition) is 2. The Morgan fingerprint density at radius 3 is 2.32 bits per heavy atom. The molecule has 0 spiro atoms. The fraction of sp³-hybridized carbons (Fsp3) is 0.267. The molecule has 0 radical (unpaired) electrons. The lowest BCUT2D eigenvalue weighted by atomic mass is 9.78. The van der Waals surface area contributed by atoms with Crippen LogP contribution in [0.4, 0.5) is 11.7 Å². The number of carbonyl (C=O) groups is 2. The van der Waals surface area contributed by atoms with Gasteiger partial charge in [-0.05, 0) is 60.4 Å². The number of carbonyl (C=O) groups excluding carboxylic acids is 1. The third-order valence-corrected chi connectivity index (χ3v) is 6.92. The Balaban J connectivity index is 1.17. The molecule has 1 heterocycles. The lowest BCUT2D eigenvalue weighted by Crippen LogP contribution is -2.20. The fourth-order valence-corrected chi connectivity index (χ4v) is 4.78. The van der Waals surface area contributed by atoms with E-state index in [2.05, 4.69) is 15.5 Å². The number of benzene rings is 3. The van der Waals surface area contributed by atoms with Crippen LogP contribution in [0.3, 0.4) is 0 Å². The molecule has 1 saturated carbocycles. The normalized spacial score (nSPS) is 17.1. The molecule has 2 N–H and O–H groups in total. The van der Waals surface area contributed by atoms with Gasteiger partial charge in [-0.3, -0.25) is 9.59 Å². The summed E-state index contributed by atoms with van der Waals surface area (Å²) < 4.78 is 11.6. The second-order valence-electron chi connectivity index (χ2n) is 9.54. The molecule has 8 nitrogen and oxygen atoms in total. The number of ether oxygens (including phenoxy) is 1. The van der Waals surface area contributed by atoms with Crippen LogP contribution in [-0.2, 0) is 17.8 Å². The zero-order valence-electron chi connectivity index (χ0n) is 20.9. The molecule has 0 bridgehead atoms. The Morgan fingerprint density at radius 2 is 1.58 bits per heavy atom. The third-order valence-electron chi connectivity index (χ3n) is 6.92. The summed E-state index contributed by atoms with van der Waals surface area (Å²) in [6, 6.07) is 25.3. The topological polar surface area (TPSA) is 115 Å². The second-order valence-corrected chi connectivity index (χ2v) is 9.54. The first-order valence-corrected chi connectivity index (χ1v) is 12.8. The maximum Gasteiger partial charge on any atom is 0.320 e. The lowest BCUT2D eigenvalue weighted by Gasteiger charge is -2.26. The van der Waals surface area contributed by atoms with Gasteiger partial charge in [-0.25, -0.2) is 0 Å². The Kier molecular flexibility index (Phi) is 7.78. The Hall–Kier alpha value is -4.46. The van der Waals surface area contributed by atoms with E-state index in [0.717, 1.165) is 24.0 Å². The van der Waals surface area contributed by atoms with Gasteiger partial charge in [0.05, 0.1) is 11.6 Å². The van der Waals surface area contributed by atoms with Gasteiger partial charge in [0.1, 0.15) is 12.4 Å². The number of nitrogens with zero attached hydrogens (tertiary/aromatic N) is 2.